The van der Waals surface area contributed by atoms with Gasteiger partial charge in [-0.1, -0.05) is 58.9 Å². The minimum absolute atomic E-state index is 0. The van der Waals surface area contributed by atoms with Crippen molar-refractivity contribution in [3.05, 3.63) is 138 Å². The van der Waals surface area contributed by atoms with E-state index in [-0.39, 0.29) is 82.1 Å². The number of unbranched alkanes of at least 4 members (excludes halogenated alkanes) is 1. The van der Waals surface area contributed by atoms with E-state index in [1.807, 2.05) is 26.8 Å². The second-order valence-electron chi connectivity index (χ2n) is 19.5. The molecule has 3 rings (SSSR count). The van der Waals surface area contributed by atoms with E-state index < -0.39 is 62.2 Å². The van der Waals surface area contributed by atoms with E-state index in [9.17, 15) is 47.9 Å². The normalized spacial score (nSPS) is 10.7. The van der Waals surface area contributed by atoms with Crippen molar-refractivity contribution in [3.8, 4) is 35.5 Å². The Hall–Kier alpha value is -11.2. The zero-order valence-corrected chi connectivity index (χ0v) is 55.9. The first-order valence-electron chi connectivity index (χ1n) is 30.8. The molecule has 0 aliphatic heterocycles. The third kappa shape index (κ3) is 51.1. The highest BCUT2D eigenvalue weighted by Crippen LogP contribution is 2.18. The number of nitrogens with one attached hydrogen (secondary N) is 3. The third-order valence-electron chi connectivity index (χ3n) is 11.2. The number of nitriles is 3. The van der Waals surface area contributed by atoms with E-state index in [0.717, 1.165) is 50.4 Å². The molecule has 3 amide bonds. The van der Waals surface area contributed by atoms with Crippen LogP contribution in [-0.2, 0) is 76.2 Å². The van der Waals surface area contributed by atoms with E-state index in [4.69, 9.17) is 73.7 Å². The standard InChI is InChI=1S/C20H25NO7.C17H18N2O6.C16H19NO6.C15H24N2O6.CH4/c1-2-3-8-18(22)16-6-4-7-17(13-16)28-15-20(26-10-5-9-21)27-12-11-25-14-19(23)24;1-2-6-19-17(23)12-4-3-5-14(7-12)25-10-15(20)13(8-18)9-24-11-16(21)22;1-2-7-17-16(21)12-4-3-5-14(9-12)23-10-13(18)6-8-22-11-15(19)20;1-13(18)17-4-6-21-8-7-20-5-3-15(11-16)12-22-9-10-23-14(2)19;/h4-7,10,13,20H,2-3,8,11-12,14-15H2,1H3,(H,23,24);3-5,7,9H,2,6,10-11H2,1H3,(H,19,23)(H,21,22);3-6,8-9H,2,7,10-11H2,1H3,(H,17,21)(H,19,20);12H,3-10H2,1-2H3,(H,17,18);1H4/b10-5+;13-9+;8-6+;15-12-;. The van der Waals surface area contributed by atoms with Gasteiger partial charge in [-0.05, 0) is 67.8 Å². The third-order valence-corrected chi connectivity index (χ3v) is 11.2. The summed E-state index contributed by atoms with van der Waals surface area (Å²) in [5.74, 6) is -4.16. The Morgan fingerprint density at radius 2 is 1.10 bits per heavy atom. The molecule has 546 valence electrons. The number of ketones is 3. The van der Waals surface area contributed by atoms with Crippen molar-refractivity contribution in [2.45, 2.75) is 86.9 Å². The van der Waals surface area contributed by atoms with Crippen LogP contribution in [0.5, 0.6) is 17.2 Å². The lowest BCUT2D eigenvalue weighted by molar-refractivity contribution is -0.148. The molecule has 0 saturated heterocycles. The number of esters is 1. The Balaban J connectivity index is 0. The van der Waals surface area contributed by atoms with Crippen molar-refractivity contribution in [2.75, 3.05) is 112 Å². The molecule has 0 aliphatic rings. The number of carboxylic acid groups (broad SMARTS) is 3. The number of hydrogen-bond acceptors (Lipinski definition) is 25. The fourth-order valence-electron chi connectivity index (χ4n) is 6.58. The molecule has 3 aromatic rings. The lowest BCUT2D eigenvalue weighted by Crippen LogP contribution is -2.25. The fraction of sp³-hybridized carbons (Fsp3) is 0.435. The van der Waals surface area contributed by atoms with E-state index in [1.54, 1.807) is 78.9 Å². The molecule has 0 spiro atoms. The molecule has 0 heterocycles. The average molecular weight is 1400 g/mol. The summed E-state index contributed by atoms with van der Waals surface area (Å²) in [5.41, 5.74) is 1.50. The maximum absolute atomic E-state index is 12.1. The Labute approximate surface area is 581 Å². The molecule has 1 unspecified atom stereocenters. The number of carbonyl (C=O) groups is 10. The Kier molecular flexibility index (Phi) is 54.8. The predicted octanol–water partition coefficient (Wildman–Crippen LogP) is 6.78. The first-order valence-corrected chi connectivity index (χ1v) is 30.8. The molecule has 0 saturated carbocycles. The van der Waals surface area contributed by atoms with Crippen LogP contribution in [0.15, 0.2) is 121 Å². The van der Waals surface area contributed by atoms with Gasteiger partial charge in [0, 0.05) is 69.1 Å². The molecule has 31 heteroatoms. The predicted molar refractivity (Wildman–Crippen MR) is 357 cm³/mol. The topological polar surface area (TPSA) is 450 Å². The number of allylic oxidation sites excluding steroid dienone is 1. The fourth-order valence-corrected chi connectivity index (χ4v) is 6.58. The summed E-state index contributed by atoms with van der Waals surface area (Å²) in [6.45, 7) is 10.2. The van der Waals surface area contributed by atoms with Crippen molar-refractivity contribution in [2.24, 2.45) is 0 Å². The Bertz CT molecular complexity index is 3220. The van der Waals surface area contributed by atoms with Gasteiger partial charge in [-0.3, -0.25) is 33.6 Å². The van der Waals surface area contributed by atoms with Crippen LogP contribution in [0.3, 0.4) is 0 Å². The van der Waals surface area contributed by atoms with Gasteiger partial charge in [0.25, 0.3) is 11.8 Å². The zero-order chi connectivity index (χ0) is 73.7. The number of rotatable bonds is 48. The van der Waals surface area contributed by atoms with Gasteiger partial charge in [0.2, 0.25) is 18.0 Å². The van der Waals surface area contributed by atoms with Crippen LogP contribution in [0.25, 0.3) is 0 Å². The quantitative estimate of drug-likeness (QED) is 0.00645. The van der Waals surface area contributed by atoms with E-state index in [1.165, 1.54) is 32.4 Å². The number of Topliss-reactive ketones (excluding diaryl/α,β-unsaturated/α-hetero) is 2. The van der Waals surface area contributed by atoms with Crippen molar-refractivity contribution in [1.29, 1.82) is 15.8 Å². The Morgan fingerprint density at radius 3 is 1.65 bits per heavy atom. The minimum atomic E-state index is -1.23. The number of carboxylic acids is 3. The Morgan fingerprint density at radius 1 is 0.540 bits per heavy atom. The second-order valence-corrected chi connectivity index (χ2v) is 19.5. The van der Waals surface area contributed by atoms with Crippen LogP contribution in [-0.4, -0.2) is 193 Å². The van der Waals surface area contributed by atoms with E-state index in [0.29, 0.717) is 98.4 Å². The number of hydrogen-bond donors (Lipinski definition) is 6. The summed E-state index contributed by atoms with van der Waals surface area (Å²) >= 11 is 0. The largest absolute Gasteiger partial charge is 0.497 e. The highest BCUT2D eigenvalue weighted by Gasteiger charge is 2.15. The molecular formula is C69H90N6O25. The molecule has 0 fully saturated rings. The van der Waals surface area contributed by atoms with Crippen LogP contribution in [0.2, 0.25) is 0 Å². The number of aliphatic carboxylic acids is 3. The lowest BCUT2D eigenvalue weighted by atomic mass is 10.1. The monoisotopic (exact) mass is 1400 g/mol. The van der Waals surface area contributed by atoms with Crippen LogP contribution in [0.1, 0.15) is 112 Å². The highest BCUT2D eigenvalue weighted by molar-refractivity contribution is 6.00. The molecular weight excluding hydrogens is 1310 g/mol. The van der Waals surface area contributed by atoms with Gasteiger partial charge in [0.15, 0.2) is 44.6 Å². The van der Waals surface area contributed by atoms with Gasteiger partial charge < -0.3 is 88.1 Å². The van der Waals surface area contributed by atoms with Crippen LogP contribution < -0.4 is 30.2 Å². The first-order chi connectivity index (χ1) is 47.6. The molecule has 0 bridgehead atoms. The average Bonchev–Trinajstić information content (AvgIpc) is 0.919. The minimum Gasteiger partial charge on any atom is -0.497 e. The molecule has 0 aromatic heterocycles. The molecule has 31 nitrogen and oxygen atoms in total. The summed E-state index contributed by atoms with van der Waals surface area (Å²) in [6.07, 6.45) is 10.1. The number of amides is 3. The van der Waals surface area contributed by atoms with Gasteiger partial charge in [0.05, 0.1) is 82.2 Å². The molecule has 100 heavy (non-hydrogen) atoms. The van der Waals surface area contributed by atoms with Gasteiger partial charge >= 0.3 is 23.9 Å². The zero-order valence-electron chi connectivity index (χ0n) is 55.9. The van der Waals surface area contributed by atoms with Crippen molar-refractivity contribution in [3.63, 3.8) is 0 Å². The number of ether oxygens (including phenoxy) is 12. The van der Waals surface area contributed by atoms with Crippen LogP contribution in [0, 0.1) is 34.0 Å². The number of benzene rings is 3. The van der Waals surface area contributed by atoms with Crippen molar-refractivity contribution >= 4 is 58.9 Å². The first kappa shape index (κ1) is 90.9. The molecule has 1 atom stereocenters. The van der Waals surface area contributed by atoms with Crippen LogP contribution >= 0.6 is 0 Å². The van der Waals surface area contributed by atoms with Crippen molar-refractivity contribution in [1.82, 2.24) is 16.0 Å². The van der Waals surface area contributed by atoms with Gasteiger partial charge in [-0.2, -0.15) is 15.8 Å². The summed E-state index contributed by atoms with van der Waals surface area (Å²) in [6, 6.07) is 25.0. The van der Waals surface area contributed by atoms with Crippen molar-refractivity contribution < 1.29 is 120 Å². The van der Waals surface area contributed by atoms with Gasteiger partial charge in [-0.25, -0.2) is 14.4 Å². The number of nitrogens with zero attached hydrogens (tertiary/aromatic N) is 3. The SMILES string of the molecule is C.CC(=O)NCCOCCOCC/C(C#N)=C/OCCOC(C)=O.CCCCC(=O)c1cccc(OCC(O/C=C/C#N)OCCOCC(=O)O)c1.CCCNC(=O)c1cccc(OCC(=O)/C(C#N)=C/OCC(=O)O)c1.CCCNC(=O)c1cccc(OCC(=O)/C=C/OCC(=O)O)c1. The summed E-state index contributed by atoms with van der Waals surface area (Å²) in [4.78, 5) is 111. The summed E-state index contributed by atoms with van der Waals surface area (Å²) < 4.78 is 61.3. The molecule has 6 N–H and O–H groups in total. The summed E-state index contributed by atoms with van der Waals surface area (Å²) in [7, 11) is 0. The van der Waals surface area contributed by atoms with Crippen LogP contribution in [0.4, 0.5) is 0 Å². The molecule has 3 aromatic carbocycles. The van der Waals surface area contributed by atoms with E-state index >= 15 is 0 Å². The lowest BCUT2D eigenvalue weighted by Gasteiger charge is -2.18. The van der Waals surface area contributed by atoms with E-state index in [2.05, 4.69) is 30.2 Å². The molecule has 0 radical (unpaired) electrons. The number of carbonyl (C=O) groups excluding carboxylic acids is 7. The smallest absolute Gasteiger partial charge is 0.341 e. The maximum atomic E-state index is 12.1. The van der Waals surface area contributed by atoms with Gasteiger partial charge in [0.1, 0.15) is 55.0 Å². The summed E-state index contributed by atoms with van der Waals surface area (Å²) in [5, 5.41) is 59.7. The maximum Gasteiger partial charge on any atom is 0.341 e. The highest BCUT2D eigenvalue weighted by atomic mass is 16.7. The van der Waals surface area contributed by atoms with Gasteiger partial charge in [-0.15, -0.1) is 0 Å². The second kappa shape index (κ2) is 60.3. The molecule has 0 aliphatic carbocycles.